The van der Waals surface area contributed by atoms with Gasteiger partial charge in [-0.15, -0.1) is 0 Å². The molecule has 4 unspecified atom stereocenters. The monoisotopic (exact) mass is 292 g/mol. The highest BCUT2D eigenvalue weighted by Crippen LogP contribution is 2.24. The van der Waals surface area contributed by atoms with Crippen molar-refractivity contribution in [3.63, 3.8) is 0 Å². The molecule has 21 heavy (non-hydrogen) atoms. The highest BCUT2D eigenvalue weighted by atomic mass is 16.5. The number of morpholine rings is 1. The van der Waals surface area contributed by atoms with E-state index in [4.69, 9.17) is 4.74 Å². The van der Waals surface area contributed by atoms with Crippen LogP contribution in [0.5, 0.6) is 0 Å². The molecule has 4 atom stereocenters. The minimum absolute atomic E-state index is 0.0434. The quantitative estimate of drug-likeness (QED) is 0.837. The van der Waals surface area contributed by atoms with Crippen LogP contribution in [0.3, 0.4) is 0 Å². The lowest BCUT2D eigenvalue weighted by atomic mass is 9.93. The van der Waals surface area contributed by atoms with Gasteiger partial charge in [0.1, 0.15) is 0 Å². The van der Waals surface area contributed by atoms with Crippen molar-refractivity contribution in [2.75, 3.05) is 33.4 Å². The van der Waals surface area contributed by atoms with Crippen LogP contribution in [0.15, 0.2) is 30.3 Å². The molecular weight excluding hydrogens is 264 g/mol. The van der Waals surface area contributed by atoms with Gasteiger partial charge in [0.25, 0.3) is 0 Å². The van der Waals surface area contributed by atoms with Crippen molar-refractivity contribution in [2.24, 2.45) is 5.92 Å². The maximum atomic E-state index is 9.30. The van der Waals surface area contributed by atoms with Crippen molar-refractivity contribution in [2.45, 2.75) is 32.0 Å². The number of aliphatic hydroxyl groups excluding tert-OH is 1. The van der Waals surface area contributed by atoms with Crippen molar-refractivity contribution in [3.8, 4) is 0 Å². The molecular formula is C17H28N2O2. The summed E-state index contributed by atoms with van der Waals surface area (Å²) in [6.07, 6.45) is -0.0434. The van der Waals surface area contributed by atoms with E-state index in [0.717, 1.165) is 13.1 Å². The molecule has 0 saturated carbocycles. The van der Waals surface area contributed by atoms with Gasteiger partial charge in [-0.2, -0.15) is 0 Å². The van der Waals surface area contributed by atoms with E-state index in [1.165, 1.54) is 5.56 Å². The third-order valence-electron chi connectivity index (χ3n) is 4.40. The molecule has 4 nitrogen and oxygen atoms in total. The summed E-state index contributed by atoms with van der Waals surface area (Å²) in [5.74, 6) is 0.484. The summed E-state index contributed by atoms with van der Waals surface area (Å²) < 4.78 is 5.62. The van der Waals surface area contributed by atoms with Crippen LogP contribution in [-0.4, -0.2) is 55.5 Å². The highest BCUT2D eigenvalue weighted by Gasteiger charge is 2.28. The first-order chi connectivity index (χ1) is 10.2. The second-order valence-corrected chi connectivity index (χ2v) is 6.10. The Bertz CT molecular complexity index is 413. The molecule has 4 heteroatoms. The van der Waals surface area contributed by atoms with E-state index in [1.54, 1.807) is 0 Å². The van der Waals surface area contributed by atoms with E-state index in [0.29, 0.717) is 24.6 Å². The molecule has 1 fully saturated rings. The summed E-state index contributed by atoms with van der Waals surface area (Å²) in [6, 6.07) is 11.3. The van der Waals surface area contributed by atoms with Crippen LogP contribution < -0.4 is 5.32 Å². The van der Waals surface area contributed by atoms with E-state index in [-0.39, 0.29) is 12.7 Å². The zero-order valence-electron chi connectivity index (χ0n) is 13.3. The molecule has 0 aliphatic carbocycles. The molecule has 1 saturated heterocycles. The SMILES string of the molecule is CNC(c1ccccc1)C(C)CN1CC(CO)OCC1C. The smallest absolute Gasteiger partial charge is 0.0933 e. The maximum Gasteiger partial charge on any atom is 0.0933 e. The summed E-state index contributed by atoms with van der Waals surface area (Å²) in [5.41, 5.74) is 1.33. The number of ether oxygens (including phenoxy) is 1. The van der Waals surface area contributed by atoms with Gasteiger partial charge in [-0.3, -0.25) is 4.90 Å². The second kappa shape index (κ2) is 7.90. The van der Waals surface area contributed by atoms with Crippen LogP contribution in [-0.2, 0) is 4.74 Å². The van der Waals surface area contributed by atoms with Crippen molar-refractivity contribution in [1.82, 2.24) is 10.2 Å². The first kappa shape index (κ1) is 16.4. The van der Waals surface area contributed by atoms with Crippen LogP contribution in [0, 0.1) is 5.92 Å². The molecule has 1 aliphatic rings. The van der Waals surface area contributed by atoms with Crippen molar-refractivity contribution >= 4 is 0 Å². The number of benzene rings is 1. The third-order valence-corrected chi connectivity index (χ3v) is 4.40. The Morgan fingerprint density at radius 2 is 2.10 bits per heavy atom. The van der Waals surface area contributed by atoms with Gasteiger partial charge in [0, 0.05) is 25.2 Å². The lowest BCUT2D eigenvalue weighted by Gasteiger charge is -2.40. The van der Waals surface area contributed by atoms with E-state index in [1.807, 2.05) is 7.05 Å². The molecule has 0 aromatic heterocycles. The fraction of sp³-hybridized carbons (Fsp3) is 0.647. The van der Waals surface area contributed by atoms with Gasteiger partial charge in [-0.1, -0.05) is 37.3 Å². The molecule has 2 rings (SSSR count). The first-order valence-corrected chi connectivity index (χ1v) is 7.84. The Hall–Kier alpha value is -0.940. The Morgan fingerprint density at radius 1 is 1.38 bits per heavy atom. The Kier molecular flexibility index (Phi) is 6.18. The minimum atomic E-state index is -0.0434. The number of aliphatic hydroxyl groups is 1. The van der Waals surface area contributed by atoms with Gasteiger partial charge < -0.3 is 15.2 Å². The fourth-order valence-corrected chi connectivity index (χ4v) is 3.16. The number of nitrogens with zero attached hydrogens (tertiary/aromatic N) is 1. The molecule has 1 aliphatic heterocycles. The molecule has 1 heterocycles. The molecule has 2 N–H and O–H groups in total. The molecule has 1 aromatic carbocycles. The zero-order valence-corrected chi connectivity index (χ0v) is 13.3. The summed E-state index contributed by atoms with van der Waals surface area (Å²) in [7, 11) is 2.02. The van der Waals surface area contributed by atoms with Crippen LogP contribution in [0.25, 0.3) is 0 Å². The molecule has 118 valence electrons. The molecule has 1 aromatic rings. The van der Waals surface area contributed by atoms with E-state index >= 15 is 0 Å². The average Bonchev–Trinajstić information content (AvgIpc) is 2.51. The normalized spacial score (nSPS) is 26.5. The van der Waals surface area contributed by atoms with E-state index < -0.39 is 0 Å². The van der Waals surface area contributed by atoms with Gasteiger partial charge >= 0.3 is 0 Å². The molecule has 0 amide bonds. The first-order valence-electron chi connectivity index (χ1n) is 7.84. The highest BCUT2D eigenvalue weighted by molar-refractivity contribution is 5.19. The third kappa shape index (κ3) is 4.27. The van der Waals surface area contributed by atoms with Gasteiger partial charge in [0.05, 0.1) is 19.3 Å². The van der Waals surface area contributed by atoms with Crippen molar-refractivity contribution in [3.05, 3.63) is 35.9 Å². The number of hydrogen-bond acceptors (Lipinski definition) is 4. The van der Waals surface area contributed by atoms with Gasteiger partial charge in [-0.25, -0.2) is 0 Å². The van der Waals surface area contributed by atoms with Crippen LogP contribution in [0.1, 0.15) is 25.5 Å². The lowest BCUT2D eigenvalue weighted by molar-refractivity contribution is -0.0819. The van der Waals surface area contributed by atoms with Crippen LogP contribution in [0.4, 0.5) is 0 Å². The number of nitrogens with one attached hydrogen (secondary N) is 1. The van der Waals surface area contributed by atoms with Crippen molar-refractivity contribution in [1.29, 1.82) is 0 Å². The van der Waals surface area contributed by atoms with E-state index in [2.05, 4.69) is 54.4 Å². The topological polar surface area (TPSA) is 44.7 Å². The predicted molar refractivity (Wildman–Crippen MR) is 85.3 cm³/mol. The second-order valence-electron chi connectivity index (χ2n) is 6.10. The van der Waals surface area contributed by atoms with Crippen LogP contribution >= 0.6 is 0 Å². The summed E-state index contributed by atoms with van der Waals surface area (Å²) >= 11 is 0. The minimum Gasteiger partial charge on any atom is -0.394 e. The lowest BCUT2D eigenvalue weighted by Crippen LogP contribution is -2.51. The van der Waals surface area contributed by atoms with Crippen molar-refractivity contribution < 1.29 is 9.84 Å². The molecule has 0 radical (unpaired) electrons. The van der Waals surface area contributed by atoms with Gasteiger partial charge in [-0.05, 0) is 25.5 Å². The Balaban J connectivity index is 2.00. The largest absolute Gasteiger partial charge is 0.394 e. The predicted octanol–water partition coefficient (Wildman–Crippen LogP) is 1.66. The van der Waals surface area contributed by atoms with Gasteiger partial charge in [0.15, 0.2) is 0 Å². The number of rotatable bonds is 6. The van der Waals surface area contributed by atoms with Gasteiger partial charge in [0.2, 0.25) is 0 Å². The average molecular weight is 292 g/mol. The fourth-order valence-electron chi connectivity index (χ4n) is 3.16. The summed E-state index contributed by atoms with van der Waals surface area (Å²) in [4.78, 5) is 2.43. The number of hydrogen-bond donors (Lipinski definition) is 2. The molecule has 0 bridgehead atoms. The Morgan fingerprint density at radius 3 is 2.71 bits per heavy atom. The molecule has 0 spiro atoms. The van der Waals surface area contributed by atoms with E-state index in [9.17, 15) is 5.11 Å². The maximum absolute atomic E-state index is 9.30. The Labute approximate surface area is 128 Å². The summed E-state index contributed by atoms with van der Waals surface area (Å²) in [5, 5.41) is 12.7. The summed E-state index contributed by atoms with van der Waals surface area (Å²) in [6.45, 7) is 7.09. The zero-order chi connectivity index (χ0) is 15.2. The standard InChI is InChI=1S/C17H28N2O2/c1-13(17(18-3)15-7-5-4-6-8-15)9-19-10-16(11-20)21-12-14(19)2/h4-8,13-14,16-18,20H,9-12H2,1-3H3. The van der Waals surface area contributed by atoms with Crippen LogP contribution in [0.2, 0.25) is 0 Å².